The predicted molar refractivity (Wildman–Crippen MR) is 51.5 cm³/mol. The van der Waals surface area contributed by atoms with E-state index in [-0.39, 0.29) is 0 Å². The lowest BCUT2D eigenvalue weighted by Crippen LogP contribution is -1.86. The second kappa shape index (κ2) is 2.75. The Morgan fingerprint density at radius 2 is 2.08 bits per heavy atom. The summed E-state index contributed by atoms with van der Waals surface area (Å²) >= 11 is 4.23. The summed E-state index contributed by atoms with van der Waals surface area (Å²) in [6, 6.07) is 5.75. The van der Waals surface area contributed by atoms with Gasteiger partial charge in [0.25, 0.3) is 0 Å². The molecule has 0 fully saturated rings. The topological polar surface area (TPSA) is 25.8 Å². The molecule has 0 aliphatic heterocycles. The number of aromatic nitrogens is 2. The van der Waals surface area contributed by atoms with E-state index in [1.807, 2.05) is 25.1 Å². The van der Waals surface area contributed by atoms with Crippen molar-refractivity contribution >= 4 is 23.7 Å². The van der Waals surface area contributed by atoms with Gasteiger partial charge in [-0.3, -0.25) is 4.98 Å². The van der Waals surface area contributed by atoms with E-state index in [0.717, 1.165) is 21.6 Å². The number of thiol groups is 1. The minimum atomic E-state index is 0.905. The number of aryl methyl sites for hydroxylation is 1. The van der Waals surface area contributed by atoms with Gasteiger partial charge in [-0.25, -0.2) is 4.98 Å². The van der Waals surface area contributed by atoms with Crippen LogP contribution < -0.4 is 0 Å². The van der Waals surface area contributed by atoms with Gasteiger partial charge in [-0.1, -0.05) is 0 Å². The molecule has 0 aliphatic carbocycles. The highest BCUT2D eigenvalue weighted by Gasteiger charge is 1.95. The van der Waals surface area contributed by atoms with Crippen molar-refractivity contribution in [1.29, 1.82) is 0 Å². The summed E-state index contributed by atoms with van der Waals surface area (Å²) in [6.07, 6.45) is 1.76. The van der Waals surface area contributed by atoms with Crippen molar-refractivity contribution in [1.82, 2.24) is 9.97 Å². The van der Waals surface area contributed by atoms with Crippen LogP contribution >= 0.6 is 12.6 Å². The number of hydrogen-bond donors (Lipinski definition) is 1. The predicted octanol–water partition coefficient (Wildman–Crippen LogP) is 2.23. The molecule has 2 rings (SSSR count). The molecule has 12 heavy (non-hydrogen) atoms. The summed E-state index contributed by atoms with van der Waals surface area (Å²) < 4.78 is 0. The van der Waals surface area contributed by atoms with Gasteiger partial charge in [-0.15, -0.1) is 12.6 Å². The van der Waals surface area contributed by atoms with E-state index < -0.39 is 0 Å². The van der Waals surface area contributed by atoms with Gasteiger partial charge < -0.3 is 0 Å². The third-order valence-electron chi connectivity index (χ3n) is 1.65. The zero-order chi connectivity index (χ0) is 8.55. The highest BCUT2D eigenvalue weighted by atomic mass is 32.1. The number of nitrogens with zero attached hydrogens (tertiary/aromatic N) is 2. The first-order chi connectivity index (χ1) is 5.75. The smallest absolute Gasteiger partial charge is 0.0901 e. The zero-order valence-corrected chi connectivity index (χ0v) is 7.55. The van der Waals surface area contributed by atoms with Crippen molar-refractivity contribution in [3.8, 4) is 0 Å². The molecule has 3 heteroatoms. The maximum atomic E-state index is 4.33. The van der Waals surface area contributed by atoms with Crippen molar-refractivity contribution in [2.24, 2.45) is 0 Å². The lowest BCUT2D eigenvalue weighted by atomic mass is 10.3. The molecule has 0 atom stereocenters. The molecule has 0 saturated heterocycles. The van der Waals surface area contributed by atoms with Crippen LogP contribution in [-0.2, 0) is 0 Å². The quantitative estimate of drug-likeness (QED) is 0.623. The lowest BCUT2D eigenvalue weighted by Gasteiger charge is -1.97. The third kappa shape index (κ3) is 1.28. The van der Waals surface area contributed by atoms with Crippen molar-refractivity contribution < 1.29 is 0 Å². The molecule has 2 nitrogen and oxygen atoms in total. The molecule has 0 spiro atoms. The van der Waals surface area contributed by atoms with Gasteiger partial charge in [0.15, 0.2) is 0 Å². The average molecular weight is 176 g/mol. The van der Waals surface area contributed by atoms with E-state index in [1.165, 1.54) is 0 Å². The third-order valence-corrected chi connectivity index (χ3v) is 1.92. The fourth-order valence-electron chi connectivity index (χ4n) is 1.09. The summed E-state index contributed by atoms with van der Waals surface area (Å²) in [5.74, 6) is 0. The molecule has 1 heterocycles. The Balaban J connectivity index is 2.80. The maximum Gasteiger partial charge on any atom is 0.0901 e. The Morgan fingerprint density at radius 3 is 2.92 bits per heavy atom. The first kappa shape index (κ1) is 7.55. The molecule has 0 amide bonds. The molecular formula is C9H8N2S. The Bertz CT molecular complexity index is 389. The van der Waals surface area contributed by atoms with Gasteiger partial charge in [0.2, 0.25) is 0 Å². The Morgan fingerprint density at radius 1 is 1.25 bits per heavy atom. The van der Waals surface area contributed by atoms with Gasteiger partial charge >= 0.3 is 0 Å². The molecule has 60 valence electrons. The zero-order valence-electron chi connectivity index (χ0n) is 6.65. The molecule has 0 aliphatic rings. The standard InChI is InChI=1S/C9H8N2S/c1-6-5-10-8-3-2-7(12)4-9(8)11-6/h2-5,12H,1H3. The molecule has 1 aromatic carbocycles. The molecule has 0 radical (unpaired) electrons. The Labute approximate surface area is 76.1 Å². The van der Waals surface area contributed by atoms with Crippen molar-refractivity contribution in [3.05, 3.63) is 30.1 Å². The van der Waals surface area contributed by atoms with Gasteiger partial charge in [0.1, 0.15) is 0 Å². The fraction of sp³-hybridized carbons (Fsp3) is 0.111. The molecule has 0 unspecified atom stereocenters. The maximum absolute atomic E-state index is 4.33. The highest BCUT2D eigenvalue weighted by Crippen LogP contribution is 2.14. The molecular weight excluding hydrogens is 168 g/mol. The number of fused-ring (bicyclic) bond motifs is 1. The Hall–Kier alpha value is -1.09. The summed E-state index contributed by atoms with van der Waals surface area (Å²) in [5.41, 5.74) is 2.75. The molecule has 2 aromatic rings. The highest BCUT2D eigenvalue weighted by molar-refractivity contribution is 7.80. The number of hydrogen-bond acceptors (Lipinski definition) is 3. The van der Waals surface area contributed by atoms with Crippen LogP contribution in [-0.4, -0.2) is 9.97 Å². The van der Waals surface area contributed by atoms with Gasteiger partial charge in [-0.2, -0.15) is 0 Å². The largest absolute Gasteiger partial charge is 0.253 e. The monoisotopic (exact) mass is 176 g/mol. The van der Waals surface area contributed by atoms with E-state index in [0.29, 0.717) is 0 Å². The second-order valence-corrected chi connectivity index (χ2v) is 3.20. The van der Waals surface area contributed by atoms with Crippen LogP contribution in [0.5, 0.6) is 0 Å². The first-order valence-corrected chi connectivity index (χ1v) is 4.13. The van der Waals surface area contributed by atoms with Crippen LogP contribution in [0.3, 0.4) is 0 Å². The van der Waals surface area contributed by atoms with Crippen molar-refractivity contribution in [2.75, 3.05) is 0 Å². The number of benzene rings is 1. The molecule has 1 aromatic heterocycles. The Kier molecular flexibility index (Phi) is 1.73. The van der Waals surface area contributed by atoms with Gasteiger partial charge in [0, 0.05) is 11.1 Å². The van der Waals surface area contributed by atoms with Gasteiger partial charge in [-0.05, 0) is 25.1 Å². The second-order valence-electron chi connectivity index (χ2n) is 2.68. The molecule has 0 saturated carbocycles. The van der Waals surface area contributed by atoms with Crippen molar-refractivity contribution in [2.45, 2.75) is 11.8 Å². The molecule has 0 bridgehead atoms. The average Bonchev–Trinajstić information content (AvgIpc) is 2.03. The minimum absolute atomic E-state index is 0.905. The van der Waals surface area contributed by atoms with Crippen LogP contribution in [0.2, 0.25) is 0 Å². The lowest BCUT2D eigenvalue weighted by molar-refractivity contribution is 1.18. The summed E-state index contributed by atoms with van der Waals surface area (Å²) in [7, 11) is 0. The van der Waals surface area contributed by atoms with Crippen molar-refractivity contribution in [3.63, 3.8) is 0 Å². The van der Waals surface area contributed by atoms with E-state index in [1.54, 1.807) is 6.20 Å². The van der Waals surface area contributed by atoms with Crippen LogP contribution in [0.1, 0.15) is 5.69 Å². The van der Waals surface area contributed by atoms with Crippen LogP contribution in [0.4, 0.5) is 0 Å². The van der Waals surface area contributed by atoms with E-state index >= 15 is 0 Å². The summed E-state index contributed by atoms with van der Waals surface area (Å²) in [4.78, 5) is 9.47. The normalized spacial score (nSPS) is 10.5. The van der Waals surface area contributed by atoms with E-state index in [9.17, 15) is 0 Å². The van der Waals surface area contributed by atoms with Gasteiger partial charge in [0.05, 0.1) is 16.7 Å². The SMILES string of the molecule is Cc1cnc2ccc(S)cc2n1. The first-order valence-electron chi connectivity index (χ1n) is 3.68. The van der Waals surface area contributed by atoms with E-state index in [2.05, 4.69) is 22.6 Å². The minimum Gasteiger partial charge on any atom is -0.253 e. The van der Waals surface area contributed by atoms with E-state index in [4.69, 9.17) is 0 Å². The fourth-order valence-corrected chi connectivity index (χ4v) is 1.29. The number of rotatable bonds is 0. The summed E-state index contributed by atoms with van der Waals surface area (Å²) in [6.45, 7) is 1.93. The van der Waals surface area contributed by atoms with Crippen LogP contribution in [0, 0.1) is 6.92 Å². The van der Waals surface area contributed by atoms with Crippen LogP contribution in [0.25, 0.3) is 11.0 Å². The molecule has 0 N–H and O–H groups in total. The summed E-state index contributed by atoms with van der Waals surface area (Å²) in [5, 5.41) is 0. The van der Waals surface area contributed by atoms with Crippen LogP contribution in [0.15, 0.2) is 29.3 Å².